The number of aromatic nitrogens is 1. The SMILES string of the molecule is Cc1nc(C)c(C(=O)NC(Cc2ccccc2)c2ccccc2)s1. The number of nitrogens with zero attached hydrogens (tertiary/aromatic N) is 1. The fourth-order valence-corrected chi connectivity index (χ4v) is 3.58. The number of amides is 1. The molecule has 122 valence electrons. The van der Waals surface area contributed by atoms with Gasteiger partial charge >= 0.3 is 0 Å². The molecule has 0 aliphatic rings. The Bertz CT molecular complexity index is 812. The normalized spacial score (nSPS) is 11.9. The van der Waals surface area contributed by atoms with Gasteiger partial charge in [0.15, 0.2) is 0 Å². The number of carbonyl (C=O) groups is 1. The van der Waals surface area contributed by atoms with Crippen molar-refractivity contribution in [3.63, 3.8) is 0 Å². The minimum Gasteiger partial charge on any atom is -0.344 e. The highest BCUT2D eigenvalue weighted by atomic mass is 32.1. The van der Waals surface area contributed by atoms with Crippen molar-refractivity contribution in [1.29, 1.82) is 0 Å². The zero-order chi connectivity index (χ0) is 16.9. The van der Waals surface area contributed by atoms with Crippen LogP contribution in [0.2, 0.25) is 0 Å². The van der Waals surface area contributed by atoms with Gasteiger partial charge in [0.1, 0.15) is 4.88 Å². The molecule has 3 rings (SSSR count). The highest BCUT2D eigenvalue weighted by Gasteiger charge is 2.19. The largest absolute Gasteiger partial charge is 0.344 e. The summed E-state index contributed by atoms with van der Waals surface area (Å²) < 4.78 is 0. The third-order valence-electron chi connectivity index (χ3n) is 3.90. The molecule has 1 atom stereocenters. The third kappa shape index (κ3) is 3.89. The first kappa shape index (κ1) is 16.4. The summed E-state index contributed by atoms with van der Waals surface area (Å²) in [5, 5.41) is 4.10. The molecule has 0 spiro atoms. The van der Waals surface area contributed by atoms with Crippen LogP contribution >= 0.6 is 11.3 Å². The van der Waals surface area contributed by atoms with E-state index in [1.54, 1.807) is 0 Å². The lowest BCUT2D eigenvalue weighted by molar-refractivity contribution is 0.0940. The Balaban J connectivity index is 1.85. The van der Waals surface area contributed by atoms with E-state index < -0.39 is 0 Å². The van der Waals surface area contributed by atoms with Gasteiger partial charge in [-0.1, -0.05) is 60.7 Å². The molecule has 24 heavy (non-hydrogen) atoms. The molecule has 3 nitrogen and oxygen atoms in total. The van der Waals surface area contributed by atoms with Crippen LogP contribution in [0.3, 0.4) is 0 Å². The number of benzene rings is 2. The number of rotatable bonds is 5. The van der Waals surface area contributed by atoms with Gasteiger partial charge in [0.25, 0.3) is 5.91 Å². The molecule has 4 heteroatoms. The van der Waals surface area contributed by atoms with Crippen LogP contribution in [0.25, 0.3) is 0 Å². The average molecular weight is 336 g/mol. The van der Waals surface area contributed by atoms with Crippen LogP contribution in [0.5, 0.6) is 0 Å². The van der Waals surface area contributed by atoms with E-state index in [1.807, 2.05) is 50.2 Å². The molecule has 0 radical (unpaired) electrons. The maximum Gasteiger partial charge on any atom is 0.263 e. The standard InChI is InChI=1S/C20H20N2OS/c1-14-19(24-15(2)21-14)20(23)22-18(17-11-7-4-8-12-17)13-16-9-5-3-6-10-16/h3-12,18H,13H2,1-2H3,(H,22,23). The molecule has 0 fully saturated rings. The lowest BCUT2D eigenvalue weighted by Crippen LogP contribution is -2.29. The van der Waals surface area contributed by atoms with Gasteiger partial charge in [0.2, 0.25) is 0 Å². The van der Waals surface area contributed by atoms with Gasteiger partial charge in [-0.2, -0.15) is 0 Å². The lowest BCUT2D eigenvalue weighted by Gasteiger charge is -2.19. The van der Waals surface area contributed by atoms with E-state index in [9.17, 15) is 4.79 Å². The maximum absolute atomic E-state index is 12.7. The summed E-state index contributed by atoms with van der Waals surface area (Å²) in [7, 11) is 0. The Morgan fingerprint density at radius 3 is 2.25 bits per heavy atom. The van der Waals surface area contributed by atoms with Gasteiger partial charge in [-0.05, 0) is 31.4 Å². The van der Waals surface area contributed by atoms with Gasteiger partial charge in [-0.15, -0.1) is 11.3 Å². The Morgan fingerprint density at radius 2 is 1.67 bits per heavy atom. The van der Waals surface area contributed by atoms with E-state index in [0.717, 1.165) is 22.7 Å². The third-order valence-corrected chi connectivity index (χ3v) is 4.97. The van der Waals surface area contributed by atoms with E-state index in [4.69, 9.17) is 0 Å². The Morgan fingerprint density at radius 1 is 1.04 bits per heavy atom. The molecule has 0 aliphatic heterocycles. The predicted molar refractivity (Wildman–Crippen MR) is 98.4 cm³/mol. The molecule has 1 amide bonds. The molecular formula is C20H20N2OS. The van der Waals surface area contributed by atoms with Gasteiger partial charge in [0, 0.05) is 0 Å². The summed E-state index contributed by atoms with van der Waals surface area (Å²) in [6.45, 7) is 3.81. The molecule has 2 aromatic carbocycles. The minimum atomic E-state index is -0.0668. The van der Waals surface area contributed by atoms with Crippen LogP contribution < -0.4 is 5.32 Å². The molecule has 3 aromatic rings. The van der Waals surface area contributed by atoms with E-state index >= 15 is 0 Å². The van der Waals surface area contributed by atoms with Crippen molar-refractivity contribution in [2.75, 3.05) is 0 Å². The van der Waals surface area contributed by atoms with E-state index in [-0.39, 0.29) is 11.9 Å². The van der Waals surface area contributed by atoms with Crippen molar-refractivity contribution in [1.82, 2.24) is 10.3 Å². The number of thiazole rings is 1. The van der Waals surface area contributed by atoms with Crippen molar-refractivity contribution in [2.24, 2.45) is 0 Å². The fourth-order valence-electron chi connectivity index (χ4n) is 2.75. The molecule has 0 aliphatic carbocycles. The summed E-state index contributed by atoms with van der Waals surface area (Å²) in [6.07, 6.45) is 0.757. The van der Waals surface area contributed by atoms with Crippen molar-refractivity contribution < 1.29 is 4.79 Å². The minimum absolute atomic E-state index is 0.0529. The highest BCUT2D eigenvalue weighted by Crippen LogP contribution is 2.22. The summed E-state index contributed by atoms with van der Waals surface area (Å²) in [4.78, 5) is 17.8. The van der Waals surface area contributed by atoms with Gasteiger partial charge in [-0.25, -0.2) is 4.98 Å². The number of nitrogens with one attached hydrogen (secondary N) is 1. The average Bonchev–Trinajstić information content (AvgIpc) is 2.94. The van der Waals surface area contributed by atoms with Gasteiger partial charge < -0.3 is 5.32 Å². The lowest BCUT2D eigenvalue weighted by atomic mass is 9.99. The van der Waals surface area contributed by atoms with Crippen molar-refractivity contribution in [3.8, 4) is 0 Å². The first-order valence-electron chi connectivity index (χ1n) is 7.97. The zero-order valence-corrected chi connectivity index (χ0v) is 14.6. The molecule has 1 N–H and O–H groups in total. The maximum atomic E-state index is 12.7. The molecule has 1 aromatic heterocycles. The zero-order valence-electron chi connectivity index (χ0n) is 13.8. The highest BCUT2D eigenvalue weighted by molar-refractivity contribution is 7.13. The van der Waals surface area contributed by atoms with Crippen LogP contribution in [0.4, 0.5) is 0 Å². The second-order valence-electron chi connectivity index (χ2n) is 5.77. The molecule has 1 heterocycles. The molecule has 0 saturated heterocycles. The van der Waals surface area contributed by atoms with Crippen molar-refractivity contribution in [2.45, 2.75) is 26.3 Å². The molecular weight excluding hydrogens is 316 g/mol. The van der Waals surface area contributed by atoms with Crippen molar-refractivity contribution in [3.05, 3.63) is 87.4 Å². The number of hydrogen-bond acceptors (Lipinski definition) is 3. The second kappa shape index (κ2) is 7.41. The van der Waals surface area contributed by atoms with Crippen LogP contribution in [0, 0.1) is 13.8 Å². The van der Waals surface area contributed by atoms with Crippen LogP contribution in [0.15, 0.2) is 60.7 Å². The molecule has 0 saturated carbocycles. The van der Waals surface area contributed by atoms with Crippen molar-refractivity contribution >= 4 is 17.2 Å². The van der Waals surface area contributed by atoms with Crippen LogP contribution in [-0.4, -0.2) is 10.9 Å². The predicted octanol–water partition coefficient (Wildman–Crippen LogP) is 4.47. The number of hydrogen-bond donors (Lipinski definition) is 1. The summed E-state index contributed by atoms with van der Waals surface area (Å²) >= 11 is 1.44. The topological polar surface area (TPSA) is 42.0 Å². The fraction of sp³-hybridized carbons (Fsp3) is 0.200. The monoisotopic (exact) mass is 336 g/mol. The summed E-state index contributed by atoms with van der Waals surface area (Å²) in [5.74, 6) is -0.0529. The van der Waals surface area contributed by atoms with Gasteiger partial charge in [-0.3, -0.25) is 4.79 Å². The molecule has 0 bridgehead atoms. The van der Waals surface area contributed by atoms with E-state index in [0.29, 0.717) is 4.88 Å². The summed E-state index contributed by atoms with van der Waals surface area (Å²) in [6, 6.07) is 20.3. The molecule has 1 unspecified atom stereocenters. The Hall–Kier alpha value is -2.46. The summed E-state index contributed by atoms with van der Waals surface area (Å²) in [5.41, 5.74) is 3.10. The first-order valence-corrected chi connectivity index (χ1v) is 8.79. The Labute approximate surface area is 146 Å². The van der Waals surface area contributed by atoms with Crippen LogP contribution in [-0.2, 0) is 6.42 Å². The Kier molecular flexibility index (Phi) is 5.06. The first-order chi connectivity index (χ1) is 11.6. The van der Waals surface area contributed by atoms with E-state index in [2.05, 4.69) is 34.6 Å². The number of aryl methyl sites for hydroxylation is 2. The van der Waals surface area contributed by atoms with E-state index in [1.165, 1.54) is 16.9 Å². The second-order valence-corrected chi connectivity index (χ2v) is 6.98. The quantitative estimate of drug-likeness (QED) is 0.747. The number of carbonyl (C=O) groups excluding carboxylic acids is 1. The van der Waals surface area contributed by atoms with Gasteiger partial charge in [0.05, 0.1) is 16.7 Å². The smallest absolute Gasteiger partial charge is 0.263 e. The van der Waals surface area contributed by atoms with Crippen LogP contribution in [0.1, 0.15) is 37.5 Å².